The fourth-order valence-corrected chi connectivity index (χ4v) is 8.11. The van der Waals surface area contributed by atoms with E-state index in [1.807, 2.05) is 0 Å². The molecule has 1 N–H and O–H groups in total. The average Bonchev–Trinajstić information content (AvgIpc) is 3.43. The van der Waals surface area contributed by atoms with Crippen LogP contribution in [0, 0.1) is 13.8 Å². The number of anilines is 5. The van der Waals surface area contributed by atoms with E-state index in [0.717, 1.165) is 11.4 Å². The standard InChI is InChI=1S/C44H38BN3/c1-28-26-36(46-31-24-22-30(23-25-31)44(3,4)5)41-39(27-28)48-37-20-12-10-17-33(37)34-18-13-21-38-40(34)42(48)43(47(38)32-15-7-6-8-16-32)45(41)35-19-11-9-14-29(35)2/h6-27,46H,1-5H3. The van der Waals surface area contributed by atoms with Gasteiger partial charge in [0.1, 0.15) is 0 Å². The predicted octanol–water partition coefficient (Wildman–Crippen LogP) is 9.57. The molecule has 0 atom stereocenters. The molecule has 2 aliphatic rings. The summed E-state index contributed by atoms with van der Waals surface area (Å²) < 4.78 is 2.54. The van der Waals surface area contributed by atoms with E-state index in [2.05, 4.69) is 183 Å². The highest BCUT2D eigenvalue weighted by atomic mass is 15.2. The summed E-state index contributed by atoms with van der Waals surface area (Å²) in [7, 11) is 0. The van der Waals surface area contributed by atoms with E-state index < -0.39 is 0 Å². The van der Waals surface area contributed by atoms with E-state index in [1.165, 1.54) is 78.0 Å². The van der Waals surface area contributed by atoms with Gasteiger partial charge in [-0.15, -0.1) is 0 Å². The fourth-order valence-electron chi connectivity index (χ4n) is 8.11. The zero-order valence-corrected chi connectivity index (χ0v) is 28.2. The van der Waals surface area contributed by atoms with Gasteiger partial charge in [-0.1, -0.05) is 117 Å². The molecule has 0 saturated heterocycles. The third kappa shape index (κ3) is 4.22. The van der Waals surface area contributed by atoms with Crippen LogP contribution in [0.2, 0.25) is 0 Å². The van der Waals surface area contributed by atoms with Crippen molar-refractivity contribution in [1.82, 2.24) is 4.57 Å². The van der Waals surface area contributed by atoms with Gasteiger partial charge in [0.05, 0.1) is 16.9 Å². The molecule has 1 aromatic heterocycles. The van der Waals surface area contributed by atoms with Crippen molar-refractivity contribution in [2.75, 3.05) is 10.2 Å². The van der Waals surface area contributed by atoms with Gasteiger partial charge in [0.25, 0.3) is 6.71 Å². The summed E-state index contributed by atoms with van der Waals surface area (Å²) in [5.74, 6) is 0. The second kappa shape index (κ2) is 10.5. The Hall–Kier alpha value is -5.48. The van der Waals surface area contributed by atoms with Gasteiger partial charge in [0, 0.05) is 39.3 Å². The summed E-state index contributed by atoms with van der Waals surface area (Å²) in [5.41, 5.74) is 18.8. The van der Waals surface area contributed by atoms with Crippen LogP contribution in [0.3, 0.4) is 0 Å². The number of nitrogens with one attached hydrogen (secondary N) is 1. The van der Waals surface area contributed by atoms with Gasteiger partial charge in [0.15, 0.2) is 0 Å². The molecule has 2 aliphatic heterocycles. The first kappa shape index (κ1) is 28.7. The van der Waals surface area contributed by atoms with Crippen LogP contribution < -0.4 is 26.7 Å². The van der Waals surface area contributed by atoms with Crippen LogP contribution in [0.1, 0.15) is 37.5 Å². The second-order valence-electron chi connectivity index (χ2n) is 14.4. The maximum atomic E-state index is 3.94. The molecule has 0 amide bonds. The van der Waals surface area contributed by atoms with Crippen molar-refractivity contribution in [3.05, 3.63) is 150 Å². The van der Waals surface area contributed by atoms with Crippen molar-refractivity contribution in [2.45, 2.75) is 40.0 Å². The lowest BCUT2D eigenvalue weighted by molar-refractivity contribution is 0.590. The molecule has 4 heteroatoms. The minimum Gasteiger partial charge on any atom is -0.356 e. The lowest BCUT2D eigenvalue weighted by atomic mass is 9.35. The summed E-state index contributed by atoms with van der Waals surface area (Å²) in [6.45, 7) is 11.3. The van der Waals surface area contributed by atoms with Gasteiger partial charge < -0.3 is 14.8 Å². The van der Waals surface area contributed by atoms with E-state index in [1.54, 1.807) is 0 Å². The summed E-state index contributed by atoms with van der Waals surface area (Å²) >= 11 is 0. The van der Waals surface area contributed by atoms with Crippen LogP contribution in [0.5, 0.6) is 0 Å². The summed E-state index contributed by atoms with van der Waals surface area (Å²) in [6, 6.07) is 49.3. The molecule has 9 rings (SSSR count). The molecule has 0 radical (unpaired) electrons. The van der Waals surface area contributed by atoms with E-state index >= 15 is 0 Å². The monoisotopic (exact) mass is 619 g/mol. The van der Waals surface area contributed by atoms with Crippen LogP contribution in [0.25, 0.3) is 27.7 Å². The van der Waals surface area contributed by atoms with Crippen LogP contribution in [-0.4, -0.2) is 11.3 Å². The fraction of sp³-hybridized carbons (Fsp3) is 0.136. The lowest BCUT2D eigenvalue weighted by Gasteiger charge is -2.40. The molecule has 6 aromatic carbocycles. The maximum absolute atomic E-state index is 3.94. The number of aromatic nitrogens is 1. The van der Waals surface area contributed by atoms with Crippen molar-refractivity contribution in [1.29, 1.82) is 0 Å². The molecule has 0 aliphatic carbocycles. The van der Waals surface area contributed by atoms with Crippen molar-refractivity contribution in [3.63, 3.8) is 0 Å². The Morgan fingerprint density at radius 1 is 0.646 bits per heavy atom. The number of benzene rings is 6. The molecule has 0 unspecified atom stereocenters. The zero-order chi connectivity index (χ0) is 32.7. The number of hydrogen-bond donors (Lipinski definition) is 1. The molecule has 0 spiro atoms. The molecule has 0 fully saturated rings. The van der Waals surface area contributed by atoms with Crippen molar-refractivity contribution in [2.24, 2.45) is 0 Å². The van der Waals surface area contributed by atoms with Crippen molar-refractivity contribution < 1.29 is 0 Å². The number of rotatable bonds is 4. The third-order valence-corrected chi connectivity index (χ3v) is 10.3. The number of fused-ring (bicyclic) bond motifs is 5. The van der Waals surface area contributed by atoms with Gasteiger partial charge in [-0.25, -0.2) is 0 Å². The van der Waals surface area contributed by atoms with Crippen molar-refractivity contribution >= 4 is 62.6 Å². The minimum atomic E-state index is -0.0184. The molecular weight excluding hydrogens is 581 g/mol. The SMILES string of the molecule is Cc1cc(Nc2ccc(C(C)(C)C)cc2)c2c(c1)N1c3ccccc3-c3cccc4c3c1c(n4-c1ccccc1)B2c1ccccc1C. The minimum absolute atomic E-state index is 0.0184. The number of nitrogens with zero attached hydrogens (tertiary/aromatic N) is 2. The molecule has 232 valence electrons. The Morgan fingerprint density at radius 2 is 1.35 bits per heavy atom. The Bertz CT molecular complexity index is 2380. The van der Waals surface area contributed by atoms with E-state index in [0.29, 0.717) is 0 Å². The van der Waals surface area contributed by atoms with Gasteiger partial charge in [-0.05, 0) is 89.9 Å². The van der Waals surface area contributed by atoms with E-state index in [4.69, 9.17) is 0 Å². The van der Waals surface area contributed by atoms with Crippen LogP contribution in [0.4, 0.5) is 28.4 Å². The largest absolute Gasteiger partial charge is 0.356 e. The molecular formula is C44H38BN3. The van der Waals surface area contributed by atoms with E-state index in [9.17, 15) is 0 Å². The summed E-state index contributed by atoms with van der Waals surface area (Å²) in [5, 5.41) is 5.26. The Balaban J connectivity index is 1.41. The maximum Gasteiger partial charge on any atom is 0.271 e. The topological polar surface area (TPSA) is 20.2 Å². The highest BCUT2D eigenvalue weighted by Crippen LogP contribution is 2.53. The van der Waals surface area contributed by atoms with Crippen LogP contribution in [0.15, 0.2) is 133 Å². The van der Waals surface area contributed by atoms with Gasteiger partial charge in [-0.2, -0.15) is 0 Å². The highest BCUT2D eigenvalue weighted by molar-refractivity contribution is 6.99. The predicted molar refractivity (Wildman–Crippen MR) is 206 cm³/mol. The summed E-state index contributed by atoms with van der Waals surface area (Å²) in [4.78, 5) is 2.56. The second-order valence-corrected chi connectivity index (χ2v) is 14.4. The first-order valence-corrected chi connectivity index (χ1v) is 17.0. The molecule has 0 saturated carbocycles. The van der Waals surface area contributed by atoms with Gasteiger partial charge >= 0.3 is 0 Å². The normalized spacial score (nSPS) is 13.0. The van der Waals surface area contributed by atoms with Crippen LogP contribution in [-0.2, 0) is 5.41 Å². The smallest absolute Gasteiger partial charge is 0.271 e. The number of para-hydroxylation sites is 2. The van der Waals surface area contributed by atoms with Gasteiger partial charge in [0.2, 0.25) is 0 Å². The molecule has 0 bridgehead atoms. The van der Waals surface area contributed by atoms with Crippen LogP contribution >= 0.6 is 0 Å². The highest BCUT2D eigenvalue weighted by Gasteiger charge is 2.45. The first-order valence-electron chi connectivity index (χ1n) is 17.0. The average molecular weight is 620 g/mol. The summed E-state index contributed by atoms with van der Waals surface area (Å²) in [6.07, 6.45) is 0. The third-order valence-electron chi connectivity index (χ3n) is 10.3. The molecule has 3 nitrogen and oxygen atoms in total. The molecule has 7 aromatic rings. The van der Waals surface area contributed by atoms with Gasteiger partial charge in [-0.3, -0.25) is 0 Å². The number of hydrogen-bond acceptors (Lipinski definition) is 2. The Labute approximate surface area is 283 Å². The zero-order valence-electron chi connectivity index (χ0n) is 28.2. The van der Waals surface area contributed by atoms with Crippen molar-refractivity contribution in [3.8, 4) is 16.8 Å². The Morgan fingerprint density at radius 3 is 2.12 bits per heavy atom. The first-order chi connectivity index (χ1) is 23.3. The lowest BCUT2D eigenvalue weighted by Crippen LogP contribution is -2.60. The molecule has 48 heavy (non-hydrogen) atoms. The molecule has 3 heterocycles. The Kier molecular flexibility index (Phi) is 6.29. The van der Waals surface area contributed by atoms with E-state index in [-0.39, 0.29) is 12.1 Å². The quantitative estimate of drug-likeness (QED) is 0.198. The number of aryl methyl sites for hydroxylation is 2.